The zero-order valence-corrected chi connectivity index (χ0v) is 8.89. The summed E-state index contributed by atoms with van der Waals surface area (Å²) in [5.41, 5.74) is 6.06. The van der Waals surface area contributed by atoms with Gasteiger partial charge in [-0.3, -0.25) is 5.73 Å². The zero-order valence-electron chi connectivity index (χ0n) is 8.89. The molecule has 1 unspecified atom stereocenters. The number of rotatable bonds is 3. The van der Waals surface area contributed by atoms with Crippen LogP contribution in [0.3, 0.4) is 0 Å². The lowest BCUT2D eigenvalue weighted by Crippen LogP contribution is -2.31. The summed E-state index contributed by atoms with van der Waals surface area (Å²) in [6.45, 7) is 11.2. The van der Waals surface area contributed by atoms with Gasteiger partial charge in [0.25, 0.3) is 0 Å². The number of hydrogen-bond donors (Lipinski definition) is 1. The predicted octanol–water partition coefficient (Wildman–Crippen LogP) is 1.83. The van der Waals surface area contributed by atoms with Gasteiger partial charge in [-0.25, -0.2) is 4.79 Å². The molecule has 0 aromatic rings. The number of esters is 1. The first kappa shape index (κ1) is 12.2. The van der Waals surface area contributed by atoms with E-state index >= 15 is 0 Å². The van der Waals surface area contributed by atoms with Gasteiger partial charge in [-0.15, -0.1) is 0 Å². The molecule has 1 atom stereocenters. The van der Waals surface area contributed by atoms with Crippen LogP contribution in [0, 0.1) is 5.41 Å². The maximum Gasteiger partial charge on any atom is 0.334 e. The largest absolute Gasteiger partial charge is 0.443 e. The molecule has 0 amide bonds. The Labute approximate surface area is 79.9 Å². The van der Waals surface area contributed by atoms with Crippen molar-refractivity contribution >= 4 is 5.97 Å². The van der Waals surface area contributed by atoms with Crippen molar-refractivity contribution in [2.45, 2.75) is 40.3 Å². The highest BCUT2D eigenvalue weighted by molar-refractivity contribution is 5.87. The Morgan fingerprint density at radius 3 is 2.31 bits per heavy atom. The highest BCUT2D eigenvalue weighted by atomic mass is 16.6. The lowest BCUT2D eigenvalue weighted by atomic mass is 9.91. The molecule has 3 heteroatoms. The van der Waals surface area contributed by atoms with E-state index in [0.29, 0.717) is 12.0 Å². The van der Waals surface area contributed by atoms with Gasteiger partial charge in [-0.1, -0.05) is 27.4 Å². The molecule has 0 heterocycles. The molecule has 0 aliphatic heterocycles. The zero-order chi connectivity index (χ0) is 10.6. The quantitative estimate of drug-likeness (QED) is 0.414. The Kier molecular flexibility index (Phi) is 4.14. The van der Waals surface area contributed by atoms with E-state index in [1.54, 1.807) is 6.92 Å². The Morgan fingerprint density at radius 2 is 2.00 bits per heavy atom. The molecule has 0 aliphatic carbocycles. The first-order valence-electron chi connectivity index (χ1n) is 4.34. The van der Waals surface area contributed by atoms with Gasteiger partial charge in [0.2, 0.25) is 0 Å². The fourth-order valence-corrected chi connectivity index (χ4v) is 0.883. The average Bonchev–Trinajstić information content (AvgIpc) is 1.81. The fourth-order valence-electron chi connectivity index (χ4n) is 0.883. The molecule has 0 rings (SSSR count). The van der Waals surface area contributed by atoms with E-state index in [2.05, 4.69) is 6.58 Å². The van der Waals surface area contributed by atoms with Crippen molar-refractivity contribution in [1.29, 1.82) is 0 Å². The van der Waals surface area contributed by atoms with Crippen LogP contribution in [0.4, 0.5) is 0 Å². The molecule has 0 radical (unpaired) electrons. The van der Waals surface area contributed by atoms with Crippen LogP contribution in [0.5, 0.6) is 0 Å². The van der Waals surface area contributed by atoms with E-state index in [4.69, 9.17) is 10.5 Å². The fraction of sp³-hybridized carbons (Fsp3) is 0.700. The molecule has 0 aromatic heterocycles. The highest BCUT2D eigenvalue weighted by Gasteiger charge is 2.18. The third kappa shape index (κ3) is 6.34. The van der Waals surface area contributed by atoms with Crippen LogP contribution < -0.4 is 5.73 Å². The molecule has 3 nitrogen and oxygen atoms in total. The van der Waals surface area contributed by atoms with Crippen LogP contribution in [0.2, 0.25) is 0 Å². The minimum Gasteiger partial charge on any atom is -0.443 e. The van der Waals surface area contributed by atoms with Gasteiger partial charge < -0.3 is 4.74 Å². The second kappa shape index (κ2) is 4.42. The van der Waals surface area contributed by atoms with E-state index < -0.39 is 12.2 Å². The first-order valence-corrected chi connectivity index (χ1v) is 4.34. The second-order valence-corrected chi connectivity index (χ2v) is 4.49. The molecule has 0 fully saturated rings. The van der Waals surface area contributed by atoms with Crippen LogP contribution in [0.25, 0.3) is 0 Å². The van der Waals surface area contributed by atoms with Gasteiger partial charge in [0, 0.05) is 12.0 Å². The van der Waals surface area contributed by atoms with Crippen molar-refractivity contribution in [3.8, 4) is 0 Å². The van der Waals surface area contributed by atoms with Gasteiger partial charge >= 0.3 is 5.97 Å². The maximum absolute atomic E-state index is 11.0. The number of carbonyl (C=O) groups is 1. The summed E-state index contributed by atoms with van der Waals surface area (Å²) in [6.07, 6.45) is 0.107. The minimum atomic E-state index is -0.538. The first-order chi connectivity index (χ1) is 5.72. The molecule has 0 aromatic carbocycles. The van der Waals surface area contributed by atoms with E-state index in [1.807, 2.05) is 20.8 Å². The molecule has 0 spiro atoms. The third-order valence-electron chi connectivity index (χ3n) is 1.42. The van der Waals surface area contributed by atoms with Gasteiger partial charge in [0.1, 0.15) is 0 Å². The minimum absolute atomic E-state index is 0.0643. The number of carbonyl (C=O) groups excluding carboxylic acids is 1. The van der Waals surface area contributed by atoms with E-state index in [1.165, 1.54) is 0 Å². The second-order valence-electron chi connectivity index (χ2n) is 4.49. The topological polar surface area (TPSA) is 52.3 Å². The third-order valence-corrected chi connectivity index (χ3v) is 1.42. The molecule has 0 bridgehead atoms. The smallest absolute Gasteiger partial charge is 0.334 e. The van der Waals surface area contributed by atoms with Crippen LogP contribution >= 0.6 is 0 Å². The lowest BCUT2D eigenvalue weighted by Gasteiger charge is -2.22. The van der Waals surface area contributed by atoms with Crippen LogP contribution in [0.15, 0.2) is 12.2 Å². The number of nitrogens with two attached hydrogens (primary N) is 1. The predicted molar refractivity (Wildman–Crippen MR) is 53.0 cm³/mol. The monoisotopic (exact) mass is 185 g/mol. The number of ether oxygens (including phenoxy) is 1. The summed E-state index contributed by atoms with van der Waals surface area (Å²) in [5.74, 6) is -0.420. The maximum atomic E-state index is 11.0. The van der Waals surface area contributed by atoms with E-state index in [-0.39, 0.29) is 5.41 Å². The molecular weight excluding hydrogens is 166 g/mol. The molecule has 0 aliphatic rings. The van der Waals surface area contributed by atoms with E-state index in [0.717, 1.165) is 0 Å². The molecule has 2 N–H and O–H groups in total. The molecule has 76 valence electrons. The Morgan fingerprint density at radius 1 is 1.54 bits per heavy atom. The molecule has 0 saturated heterocycles. The normalized spacial score (nSPS) is 13.6. The average molecular weight is 185 g/mol. The van der Waals surface area contributed by atoms with Crippen molar-refractivity contribution in [1.82, 2.24) is 0 Å². The van der Waals surface area contributed by atoms with E-state index in [9.17, 15) is 4.79 Å². The van der Waals surface area contributed by atoms with Crippen LogP contribution in [0.1, 0.15) is 34.1 Å². The highest BCUT2D eigenvalue weighted by Crippen LogP contribution is 2.20. The van der Waals surface area contributed by atoms with Crippen molar-refractivity contribution in [3.63, 3.8) is 0 Å². The van der Waals surface area contributed by atoms with Crippen molar-refractivity contribution in [2.24, 2.45) is 11.1 Å². The number of hydrogen-bond acceptors (Lipinski definition) is 3. The summed E-state index contributed by atoms with van der Waals surface area (Å²) in [4.78, 5) is 11.0. The van der Waals surface area contributed by atoms with Crippen molar-refractivity contribution in [2.75, 3.05) is 0 Å². The summed E-state index contributed by atoms with van der Waals surface area (Å²) in [5, 5.41) is 0. The summed E-state index contributed by atoms with van der Waals surface area (Å²) in [7, 11) is 0. The summed E-state index contributed by atoms with van der Waals surface area (Å²) < 4.78 is 4.93. The van der Waals surface area contributed by atoms with Gasteiger partial charge in [0.05, 0.1) is 0 Å². The summed E-state index contributed by atoms with van der Waals surface area (Å²) in [6, 6.07) is 0. The standard InChI is InChI=1S/C10H19NO2/c1-7(2)9(12)13-8(11)6-10(3,4)5/h8H,1,6,11H2,2-5H3. The lowest BCUT2D eigenvalue weighted by molar-refractivity contribution is -0.145. The van der Waals surface area contributed by atoms with Crippen molar-refractivity contribution < 1.29 is 9.53 Å². The summed E-state index contributed by atoms with van der Waals surface area (Å²) >= 11 is 0. The van der Waals surface area contributed by atoms with Crippen molar-refractivity contribution in [3.05, 3.63) is 12.2 Å². The Balaban J connectivity index is 3.95. The molecule has 13 heavy (non-hydrogen) atoms. The molecular formula is C10H19NO2. The SMILES string of the molecule is C=C(C)C(=O)OC(N)CC(C)(C)C. The van der Waals surface area contributed by atoms with Gasteiger partial charge in [-0.05, 0) is 12.3 Å². The van der Waals surface area contributed by atoms with Gasteiger partial charge in [-0.2, -0.15) is 0 Å². The Hall–Kier alpha value is -0.830. The van der Waals surface area contributed by atoms with Crippen LogP contribution in [-0.2, 0) is 9.53 Å². The Bertz CT molecular complexity index is 203. The van der Waals surface area contributed by atoms with Crippen LogP contribution in [-0.4, -0.2) is 12.2 Å². The molecule has 0 saturated carbocycles. The van der Waals surface area contributed by atoms with Gasteiger partial charge in [0.15, 0.2) is 6.23 Å².